The molecule has 0 fully saturated rings. The third-order valence-electron chi connectivity index (χ3n) is 2.99. The molecule has 2 heterocycles. The number of aromatic amines is 1. The lowest BCUT2D eigenvalue weighted by Crippen LogP contribution is -2.11. The number of nitrogens with one attached hydrogen (secondary N) is 1. The highest BCUT2D eigenvalue weighted by Gasteiger charge is 2.08. The van der Waals surface area contributed by atoms with Crippen LogP contribution in [0.5, 0.6) is 0 Å². The molecule has 0 amide bonds. The van der Waals surface area contributed by atoms with E-state index in [0.29, 0.717) is 18.1 Å². The second-order valence-corrected chi connectivity index (χ2v) is 4.39. The van der Waals surface area contributed by atoms with E-state index in [9.17, 15) is 4.79 Å². The van der Waals surface area contributed by atoms with Gasteiger partial charge in [0.25, 0.3) is 5.56 Å². The van der Waals surface area contributed by atoms with Crippen molar-refractivity contribution in [2.75, 3.05) is 7.11 Å². The number of hydrogen-bond donors (Lipinski definition) is 1. The van der Waals surface area contributed by atoms with Gasteiger partial charge in [0.1, 0.15) is 5.82 Å². The first-order valence-electron chi connectivity index (χ1n) is 6.21. The van der Waals surface area contributed by atoms with Gasteiger partial charge in [-0.3, -0.25) is 9.78 Å². The smallest absolute Gasteiger partial charge is 0.251 e. The number of methoxy groups -OCH3 is 1. The van der Waals surface area contributed by atoms with E-state index in [4.69, 9.17) is 4.74 Å². The highest BCUT2D eigenvalue weighted by Crippen LogP contribution is 2.23. The van der Waals surface area contributed by atoms with Crippen molar-refractivity contribution in [3.05, 3.63) is 58.6 Å². The number of nitrogens with zero attached hydrogens (tertiary/aromatic N) is 2. The van der Waals surface area contributed by atoms with E-state index < -0.39 is 0 Å². The molecular weight excluding hydrogens is 254 g/mol. The molecule has 20 heavy (non-hydrogen) atoms. The van der Waals surface area contributed by atoms with Crippen LogP contribution in [0.2, 0.25) is 0 Å². The zero-order valence-electron chi connectivity index (χ0n) is 11.0. The fourth-order valence-electron chi connectivity index (χ4n) is 2.16. The maximum absolute atomic E-state index is 11.7. The van der Waals surface area contributed by atoms with Crippen LogP contribution in [0.1, 0.15) is 5.69 Å². The third-order valence-corrected chi connectivity index (χ3v) is 2.99. The Hall–Kier alpha value is -2.53. The summed E-state index contributed by atoms with van der Waals surface area (Å²) in [6.45, 7) is 0.305. The predicted octanol–water partition coefficient (Wildman–Crippen LogP) is 2.13. The first-order valence-corrected chi connectivity index (χ1v) is 6.21. The van der Waals surface area contributed by atoms with Crippen molar-refractivity contribution < 1.29 is 4.74 Å². The molecule has 0 bridgehead atoms. The van der Waals surface area contributed by atoms with E-state index in [1.807, 2.05) is 30.3 Å². The topological polar surface area (TPSA) is 67.9 Å². The Morgan fingerprint density at radius 3 is 2.95 bits per heavy atom. The van der Waals surface area contributed by atoms with Crippen molar-refractivity contribution in [2.45, 2.75) is 6.61 Å². The summed E-state index contributed by atoms with van der Waals surface area (Å²) in [5.74, 6) is 0.531. The Morgan fingerprint density at radius 1 is 1.25 bits per heavy atom. The van der Waals surface area contributed by atoms with E-state index in [-0.39, 0.29) is 5.56 Å². The molecule has 1 aromatic carbocycles. The van der Waals surface area contributed by atoms with Gasteiger partial charge >= 0.3 is 0 Å². The number of rotatable bonds is 3. The third kappa shape index (κ3) is 2.31. The maximum atomic E-state index is 11.7. The minimum atomic E-state index is -0.192. The van der Waals surface area contributed by atoms with E-state index in [0.717, 1.165) is 16.5 Å². The summed E-state index contributed by atoms with van der Waals surface area (Å²) in [6.07, 6.45) is 1.71. The van der Waals surface area contributed by atoms with E-state index in [1.54, 1.807) is 13.3 Å². The molecule has 3 rings (SSSR count). The fraction of sp³-hybridized carbons (Fsp3) is 0.133. The number of aromatic nitrogens is 3. The normalized spacial score (nSPS) is 10.8. The highest BCUT2D eigenvalue weighted by molar-refractivity contribution is 5.92. The Bertz CT molecular complexity index is 806. The molecule has 0 saturated heterocycles. The first-order chi connectivity index (χ1) is 9.78. The number of pyridine rings is 1. The molecular formula is C15H13N3O2. The van der Waals surface area contributed by atoms with Gasteiger partial charge in [-0.15, -0.1) is 0 Å². The van der Waals surface area contributed by atoms with E-state index in [2.05, 4.69) is 15.0 Å². The molecule has 0 aliphatic rings. The van der Waals surface area contributed by atoms with Crippen LogP contribution in [0.3, 0.4) is 0 Å². The average molecular weight is 267 g/mol. The summed E-state index contributed by atoms with van der Waals surface area (Å²) < 4.78 is 5.03. The Labute approximate surface area is 115 Å². The van der Waals surface area contributed by atoms with Gasteiger partial charge in [-0.05, 0) is 12.1 Å². The average Bonchev–Trinajstić information content (AvgIpc) is 2.46. The van der Waals surface area contributed by atoms with Gasteiger partial charge in [0.2, 0.25) is 0 Å². The van der Waals surface area contributed by atoms with Crippen LogP contribution < -0.4 is 5.56 Å². The molecule has 0 atom stereocenters. The number of benzene rings is 1. The van der Waals surface area contributed by atoms with Gasteiger partial charge in [-0.2, -0.15) is 0 Å². The van der Waals surface area contributed by atoms with Crippen LogP contribution in [0.25, 0.3) is 22.3 Å². The molecule has 0 aliphatic heterocycles. The second kappa shape index (κ2) is 5.22. The van der Waals surface area contributed by atoms with E-state index >= 15 is 0 Å². The molecule has 3 aromatic rings. The number of ether oxygens (including phenoxy) is 1. The van der Waals surface area contributed by atoms with E-state index in [1.165, 1.54) is 6.07 Å². The van der Waals surface area contributed by atoms with Crippen molar-refractivity contribution >= 4 is 10.9 Å². The van der Waals surface area contributed by atoms with Crippen LogP contribution in [-0.2, 0) is 11.3 Å². The monoisotopic (exact) mass is 267 g/mol. The standard InChI is InChI=1S/C15H13N3O2/c1-20-9-10-8-14(19)18-15(17-10)12-6-7-16-13-5-3-2-4-11(12)13/h2-8H,9H2,1H3,(H,17,18,19). The van der Waals surface area contributed by atoms with Gasteiger partial charge < -0.3 is 9.72 Å². The summed E-state index contributed by atoms with van der Waals surface area (Å²) in [5.41, 5.74) is 2.13. The van der Waals surface area contributed by atoms with Crippen LogP contribution in [-0.4, -0.2) is 22.1 Å². The quantitative estimate of drug-likeness (QED) is 0.789. The lowest BCUT2D eigenvalue weighted by atomic mass is 10.1. The molecule has 2 aromatic heterocycles. The number of hydrogen-bond acceptors (Lipinski definition) is 4. The van der Waals surface area contributed by atoms with Crippen molar-refractivity contribution in [1.82, 2.24) is 15.0 Å². The summed E-state index contributed by atoms with van der Waals surface area (Å²) in [5, 5.41) is 0.952. The molecule has 0 unspecified atom stereocenters. The van der Waals surface area contributed by atoms with Crippen molar-refractivity contribution in [2.24, 2.45) is 0 Å². The minimum absolute atomic E-state index is 0.192. The lowest BCUT2D eigenvalue weighted by molar-refractivity contribution is 0.181. The molecule has 5 nitrogen and oxygen atoms in total. The minimum Gasteiger partial charge on any atom is -0.378 e. The number of para-hydroxylation sites is 1. The van der Waals surface area contributed by atoms with Crippen LogP contribution in [0.4, 0.5) is 0 Å². The Balaban J connectivity index is 2.23. The molecule has 0 aliphatic carbocycles. The Morgan fingerprint density at radius 2 is 2.10 bits per heavy atom. The molecule has 0 saturated carbocycles. The lowest BCUT2D eigenvalue weighted by Gasteiger charge is -2.06. The fourth-order valence-corrected chi connectivity index (χ4v) is 2.16. The van der Waals surface area contributed by atoms with Gasteiger partial charge in [0.05, 0.1) is 17.8 Å². The SMILES string of the molecule is COCc1cc(=O)[nH]c(-c2ccnc3ccccc23)n1. The van der Waals surface area contributed by atoms with Gasteiger partial charge in [0.15, 0.2) is 0 Å². The molecule has 0 spiro atoms. The molecule has 100 valence electrons. The van der Waals surface area contributed by atoms with Gasteiger partial charge in [-0.1, -0.05) is 18.2 Å². The Kier molecular flexibility index (Phi) is 3.26. The van der Waals surface area contributed by atoms with Crippen molar-refractivity contribution in [1.29, 1.82) is 0 Å². The molecule has 5 heteroatoms. The molecule has 0 radical (unpaired) electrons. The second-order valence-electron chi connectivity index (χ2n) is 4.39. The maximum Gasteiger partial charge on any atom is 0.251 e. The number of H-pyrrole nitrogens is 1. The van der Waals surface area contributed by atoms with Crippen LogP contribution in [0, 0.1) is 0 Å². The van der Waals surface area contributed by atoms with Crippen LogP contribution >= 0.6 is 0 Å². The highest BCUT2D eigenvalue weighted by atomic mass is 16.5. The summed E-state index contributed by atoms with van der Waals surface area (Å²) in [6, 6.07) is 11.0. The number of fused-ring (bicyclic) bond motifs is 1. The zero-order valence-corrected chi connectivity index (χ0v) is 11.0. The summed E-state index contributed by atoms with van der Waals surface area (Å²) in [4.78, 5) is 23.2. The van der Waals surface area contributed by atoms with Gasteiger partial charge in [-0.25, -0.2) is 4.98 Å². The zero-order chi connectivity index (χ0) is 13.9. The summed E-state index contributed by atoms with van der Waals surface area (Å²) >= 11 is 0. The van der Waals surface area contributed by atoms with Gasteiger partial charge in [0, 0.05) is 30.3 Å². The predicted molar refractivity (Wildman–Crippen MR) is 76.3 cm³/mol. The van der Waals surface area contributed by atoms with Crippen molar-refractivity contribution in [3.63, 3.8) is 0 Å². The molecule has 1 N–H and O–H groups in total. The summed E-state index contributed by atoms with van der Waals surface area (Å²) in [7, 11) is 1.57. The largest absolute Gasteiger partial charge is 0.378 e. The first kappa shape index (κ1) is 12.5. The van der Waals surface area contributed by atoms with Crippen LogP contribution in [0.15, 0.2) is 47.4 Å². The van der Waals surface area contributed by atoms with Crippen molar-refractivity contribution in [3.8, 4) is 11.4 Å².